The molecule has 1 unspecified atom stereocenters. The molecule has 2 nitrogen and oxygen atoms in total. The fourth-order valence-corrected chi connectivity index (χ4v) is 2.14. The smallest absolute Gasteiger partial charge is 0.168 e. The van der Waals surface area contributed by atoms with Crippen LogP contribution < -0.4 is 4.74 Å². The minimum atomic E-state index is -0.339. The number of benzene rings is 1. The number of hydrogen-bond donors (Lipinski definition) is 0. The summed E-state index contributed by atoms with van der Waals surface area (Å²) in [5, 5.41) is 0. The number of fused-ring (bicyclic) bond motifs is 1. The maximum Gasteiger partial charge on any atom is 0.168 e. The lowest BCUT2D eigenvalue weighted by Crippen LogP contribution is -2.21. The maximum absolute atomic E-state index is 12.2. The zero-order valence-corrected chi connectivity index (χ0v) is 11.0. The van der Waals surface area contributed by atoms with Gasteiger partial charge in [-0.05, 0) is 24.0 Å². The van der Waals surface area contributed by atoms with Crippen molar-refractivity contribution in [1.29, 1.82) is 0 Å². The lowest BCUT2D eigenvalue weighted by atomic mass is 9.85. The molecule has 0 aliphatic carbocycles. The van der Waals surface area contributed by atoms with E-state index in [2.05, 4.69) is 6.92 Å². The Morgan fingerprint density at radius 3 is 2.71 bits per heavy atom. The van der Waals surface area contributed by atoms with Gasteiger partial charge in [0.05, 0.1) is 6.61 Å². The van der Waals surface area contributed by atoms with Gasteiger partial charge in [-0.25, -0.2) is 0 Å². The van der Waals surface area contributed by atoms with Crippen molar-refractivity contribution in [1.82, 2.24) is 0 Å². The van der Waals surface area contributed by atoms with E-state index in [4.69, 9.17) is 4.74 Å². The average molecular weight is 232 g/mol. The molecular weight excluding hydrogens is 212 g/mol. The van der Waals surface area contributed by atoms with E-state index >= 15 is 0 Å². The third kappa shape index (κ3) is 2.36. The molecule has 0 spiro atoms. The molecule has 1 atom stereocenters. The first-order valence-corrected chi connectivity index (χ1v) is 6.21. The van der Waals surface area contributed by atoms with Gasteiger partial charge in [0.1, 0.15) is 5.75 Å². The van der Waals surface area contributed by atoms with Crippen molar-refractivity contribution in [2.75, 3.05) is 6.61 Å². The highest BCUT2D eigenvalue weighted by Gasteiger charge is 2.25. The van der Waals surface area contributed by atoms with Gasteiger partial charge in [0, 0.05) is 11.0 Å². The highest BCUT2D eigenvalue weighted by molar-refractivity contribution is 6.00. The summed E-state index contributed by atoms with van der Waals surface area (Å²) >= 11 is 0. The van der Waals surface area contributed by atoms with Gasteiger partial charge in [-0.2, -0.15) is 0 Å². The monoisotopic (exact) mass is 232 g/mol. The number of hydrogen-bond acceptors (Lipinski definition) is 2. The van der Waals surface area contributed by atoms with Crippen LogP contribution in [0.5, 0.6) is 5.75 Å². The summed E-state index contributed by atoms with van der Waals surface area (Å²) in [4.78, 5) is 12.2. The Labute approximate surface area is 103 Å². The zero-order chi connectivity index (χ0) is 12.6. The van der Waals surface area contributed by atoms with Crippen molar-refractivity contribution in [3.63, 3.8) is 0 Å². The number of ether oxygens (including phenoxy) is 1. The Hall–Kier alpha value is -1.31. The fraction of sp³-hybridized carbons (Fsp3) is 0.533. The van der Waals surface area contributed by atoms with Gasteiger partial charge in [0.25, 0.3) is 0 Å². The maximum atomic E-state index is 12.2. The van der Waals surface area contributed by atoms with Gasteiger partial charge in [-0.15, -0.1) is 0 Å². The summed E-state index contributed by atoms with van der Waals surface area (Å²) in [6, 6.07) is 5.87. The number of Topliss-reactive ketones (excluding diaryl/α,β-unsaturated/α-hetero) is 1. The fourth-order valence-electron chi connectivity index (χ4n) is 2.14. The molecular formula is C15H20O2. The molecule has 1 aliphatic heterocycles. The highest BCUT2D eigenvalue weighted by atomic mass is 16.5. The van der Waals surface area contributed by atoms with Crippen LogP contribution >= 0.6 is 0 Å². The molecule has 0 saturated heterocycles. The third-order valence-electron chi connectivity index (χ3n) is 3.30. The van der Waals surface area contributed by atoms with Crippen LogP contribution in [0.15, 0.2) is 18.2 Å². The molecule has 17 heavy (non-hydrogen) atoms. The van der Waals surface area contributed by atoms with Crippen LogP contribution in [-0.4, -0.2) is 12.4 Å². The summed E-state index contributed by atoms with van der Waals surface area (Å²) in [7, 11) is 0. The molecule has 0 N–H and O–H groups in total. The Morgan fingerprint density at radius 1 is 1.35 bits per heavy atom. The van der Waals surface area contributed by atoms with Gasteiger partial charge in [0.2, 0.25) is 0 Å². The van der Waals surface area contributed by atoms with E-state index in [9.17, 15) is 4.79 Å². The first-order valence-electron chi connectivity index (χ1n) is 6.21. The highest BCUT2D eigenvalue weighted by Crippen LogP contribution is 2.35. The van der Waals surface area contributed by atoms with Crippen molar-refractivity contribution >= 4 is 5.78 Å². The number of ketones is 1. The summed E-state index contributed by atoms with van der Waals surface area (Å²) in [5.41, 5.74) is 1.64. The molecule has 0 radical (unpaired) electrons. The van der Waals surface area contributed by atoms with Gasteiger partial charge < -0.3 is 4.74 Å². The second-order valence-electron chi connectivity index (χ2n) is 5.87. The van der Waals surface area contributed by atoms with E-state index < -0.39 is 0 Å². The quantitative estimate of drug-likeness (QED) is 0.688. The van der Waals surface area contributed by atoms with E-state index in [0.717, 1.165) is 24.3 Å². The van der Waals surface area contributed by atoms with Crippen molar-refractivity contribution in [3.05, 3.63) is 29.3 Å². The molecule has 0 bridgehead atoms. The van der Waals surface area contributed by atoms with Crippen molar-refractivity contribution in [2.45, 2.75) is 40.0 Å². The van der Waals surface area contributed by atoms with E-state index in [-0.39, 0.29) is 11.2 Å². The largest absolute Gasteiger partial charge is 0.493 e. The first-order chi connectivity index (χ1) is 7.89. The standard InChI is InChI=1S/C15H20O2/c1-10-7-8-17-13-9-11(5-6-12(10)13)14(16)15(2,3)4/h5-6,9-10H,7-8H2,1-4H3. The van der Waals surface area contributed by atoms with Crippen LogP contribution in [0, 0.1) is 5.41 Å². The van der Waals surface area contributed by atoms with Crippen LogP contribution in [0.2, 0.25) is 0 Å². The van der Waals surface area contributed by atoms with Gasteiger partial charge in [-0.3, -0.25) is 4.79 Å². The molecule has 1 aromatic rings. The summed E-state index contributed by atoms with van der Waals surface area (Å²) < 4.78 is 5.65. The predicted molar refractivity (Wildman–Crippen MR) is 68.8 cm³/mol. The number of carbonyl (C=O) groups is 1. The van der Waals surface area contributed by atoms with Crippen molar-refractivity contribution < 1.29 is 9.53 Å². The normalized spacial score (nSPS) is 19.4. The van der Waals surface area contributed by atoms with Crippen LogP contribution in [0.3, 0.4) is 0 Å². The molecule has 2 heteroatoms. The van der Waals surface area contributed by atoms with E-state index in [0.29, 0.717) is 5.92 Å². The van der Waals surface area contributed by atoms with Crippen molar-refractivity contribution in [3.8, 4) is 5.75 Å². The molecule has 0 amide bonds. The molecule has 1 aromatic carbocycles. The lowest BCUT2D eigenvalue weighted by Gasteiger charge is -2.24. The Bertz CT molecular complexity index is 441. The van der Waals surface area contributed by atoms with E-state index in [1.54, 1.807) is 0 Å². The lowest BCUT2D eigenvalue weighted by molar-refractivity contribution is 0.0857. The number of carbonyl (C=O) groups excluding carboxylic acids is 1. The van der Waals surface area contributed by atoms with Gasteiger partial charge in [0.15, 0.2) is 5.78 Å². The minimum absolute atomic E-state index is 0.169. The Kier molecular flexibility index (Phi) is 2.98. The first kappa shape index (κ1) is 12.2. The van der Waals surface area contributed by atoms with E-state index in [1.807, 2.05) is 39.0 Å². The van der Waals surface area contributed by atoms with Crippen LogP contribution in [0.4, 0.5) is 0 Å². The Balaban J connectivity index is 2.37. The van der Waals surface area contributed by atoms with Crippen LogP contribution in [0.25, 0.3) is 0 Å². The van der Waals surface area contributed by atoms with Crippen molar-refractivity contribution in [2.24, 2.45) is 5.41 Å². The molecule has 0 saturated carbocycles. The van der Waals surface area contributed by atoms with Gasteiger partial charge in [-0.1, -0.05) is 39.8 Å². The second-order valence-corrected chi connectivity index (χ2v) is 5.87. The number of rotatable bonds is 1. The SMILES string of the molecule is CC1CCOc2cc(C(=O)C(C)(C)C)ccc21. The third-order valence-corrected chi connectivity index (χ3v) is 3.30. The van der Waals surface area contributed by atoms with E-state index in [1.165, 1.54) is 5.56 Å². The topological polar surface area (TPSA) is 26.3 Å². The second kappa shape index (κ2) is 4.17. The summed E-state index contributed by atoms with van der Waals surface area (Å²) in [6.45, 7) is 8.78. The molecule has 0 fully saturated rings. The minimum Gasteiger partial charge on any atom is -0.493 e. The van der Waals surface area contributed by atoms with Crippen LogP contribution in [-0.2, 0) is 0 Å². The molecule has 2 rings (SSSR count). The molecule has 1 heterocycles. The zero-order valence-electron chi connectivity index (χ0n) is 11.0. The average Bonchev–Trinajstić information content (AvgIpc) is 2.26. The van der Waals surface area contributed by atoms with Gasteiger partial charge >= 0.3 is 0 Å². The molecule has 92 valence electrons. The molecule has 0 aromatic heterocycles. The van der Waals surface area contributed by atoms with Crippen LogP contribution in [0.1, 0.15) is 56.0 Å². The predicted octanol–water partition coefficient (Wildman–Crippen LogP) is 3.80. The molecule has 1 aliphatic rings. The Morgan fingerprint density at radius 2 is 2.06 bits per heavy atom. The summed E-state index contributed by atoms with van der Waals surface area (Å²) in [5.74, 6) is 1.58. The summed E-state index contributed by atoms with van der Waals surface area (Å²) in [6.07, 6.45) is 1.06.